The second kappa shape index (κ2) is 7.79. The van der Waals surface area contributed by atoms with Crippen LogP contribution in [0.4, 0.5) is 0 Å². The third-order valence-electron chi connectivity index (χ3n) is 11.9. The van der Waals surface area contributed by atoms with Crippen molar-refractivity contribution in [3.63, 3.8) is 0 Å². The van der Waals surface area contributed by atoms with Crippen molar-refractivity contribution in [2.45, 2.75) is 91.3 Å². The molecule has 6 rings (SSSR count). The second-order valence-electron chi connectivity index (χ2n) is 13.3. The molecule has 0 aromatic heterocycles. The lowest BCUT2D eigenvalue weighted by molar-refractivity contribution is -0.149. The van der Waals surface area contributed by atoms with E-state index in [1.807, 2.05) is 6.08 Å². The summed E-state index contributed by atoms with van der Waals surface area (Å²) < 4.78 is 5.61. The number of allylic oxidation sites excluding steroid dienone is 2. The fourth-order valence-electron chi connectivity index (χ4n) is 10.5. The Bertz CT molecular complexity index is 949. The lowest BCUT2D eigenvalue weighted by atomic mass is 9.47. The quantitative estimate of drug-likeness (QED) is 0.410. The molecule has 34 heavy (non-hydrogen) atoms. The fraction of sp³-hybridized carbons (Fsp3) is 0.800. The molecule has 4 nitrogen and oxygen atoms in total. The number of carbonyl (C=O) groups excluding carboxylic acids is 2. The van der Waals surface area contributed by atoms with E-state index in [2.05, 4.69) is 32.9 Å². The zero-order valence-corrected chi connectivity index (χ0v) is 21.3. The van der Waals surface area contributed by atoms with Crippen LogP contribution in [0.2, 0.25) is 0 Å². The third kappa shape index (κ3) is 3.12. The Morgan fingerprint density at radius 2 is 1.85 bits per heavy atom. The molecule has 0 aromatic carbocycles. The van der Waals surface area contributed by atoms with Gasteiger partial charge in [-0.1, -0.05) is 44.6 Å². The molecule has 4 saturated carbocycles. The molecule has 0 aromatic rings. The van der Waals surface area contributed by atoms with Gasteiger partial charge in [-0.05, 0) is 90.8 Å². The van der Waals surface area contributed by atoms with Crippen LogP contribution in [-0.4, -0.2) is 29.1 Å². The molecule has 0 heterocycles. The van der Waals surface area contributed by atoms with E-state index in [4.69, 9.17) is 4.74 Å². The van der Waals surface area contributed by atoms with Gasteiger partial charge in [0.1, 0.15) is 11.9 Å². The predicted molar refractivity (Wildman–Crippen MR) is 131 cm³/mol. The maximum Gasteiger partial charge on any atom is 0.302 e. The molecule has 4 fully saturated rings. The summed E-state index contributed by atoms with van der Waals surface area (Å²) in [5.41, 5.74) is 1.84. The Morgan fingerprint density at radius 3 is 2.62 bits per heavy atom. The Hall–Kier alpha value is -1.42. The number of aliphatic hydroxyl groups is 1. The minimum Gasteiger partial charge on any atom is -0.462 e. The van der Waals surface area contributed by atoms with Crippen molar-refractivity contribution in [1.29, 1.82) is 0 Å². The van der Waals surface area contributed by atoms with Gasteiger partial charge in [0.2, 0.25) is 0 Å². The van der Waals surface area contributed by atoms with E-state index in [0.717, 1.165) is 38.5 Å². The second-order valence-corrected chi connectivity index (χ2v) is 13.3. The summed E-state index contributed by atoms with van der Waals surface area (Å²) in [6.45, 7) is 8.76. The standard InChI is InChI=1S/C30H42O4/c1-16-5-8-25(32)21-15-26(33)28-22(27(16)21)14-24-20-7-6-18-13-19(34-17(2)31)9-11-29(18,3)23(20)10-12-30(24,28)4/h5-6,8,16,19-25,27-28,32H,7,9-15H2,1-4H3/t16?,19-,20?,21+,22-,23?,24?,25+,27-,28+,29-,30-/m0/s1. The first kappa shape index (κ1) is 23.0. The van der Waals surface area contributed by atoms with Crippen LogP contribution in [0.1, 0.15) is 79.1 Å². The number of rotatable bonds is 1. The van der Waals surface area contributed by atoms with Gasteiger partial charge in [0.15, 0.2) is 0 Å². The fourth-order valence-corrected chi connectivity index (χ4v) is 10.5. The van der Waals surface area contributed by atoms with Crippen LogP contribution in [-0.2, 0) is 14.3 Å². The highest BCUT2D eigenvalue weighted by Crippen LogP contribution is 2.70. The van der Waals surface area contributed by atoms with Crippen molar-refractivity contribution in [2.24, 2.45) is 58.2 Å². The molecule has 0 spiro atoms. The monoisotopic (exact) mass is 466 g/mol. The average Bonchev–Trinajstić information content (AvgIpc) is 3.10. The minimum atomic E-state index is -0.458. The van der Waals surface area contributed by atoms with Gasteiger partial charge in [0.05, 0.1) is 6.10 Å². The molecule has 12 atom stereocenters. The van der Waals surface area contributed by atoms with E-state index in [-0.39, 0.29) is 34.7 Å². The first-order chi connectivity index (χ1) is 16.1. The molecule has 0 radical (unpaired) electrons. The molecule has 4 heteroatoms. The van der Waals surface area contributed by atoms with Crippen molar-refractivity contribution in [3.05, 3.63) is 23.8 Å². The van der Waals surface area contributed by atoms with Gasteiger partial charge in [-0.25, -0.2) is 0 Å². The van der Waals surface area contributed by atoms with Gasteiger partial charge >= 0.3 is 5.97 Å². The van der Waals surface area contributed by atoms with E-state index in [0.29, 0.717) is 47.7 Å². The molecule has 0 saturated heterocycles. The van der Waals surface area contributed by atoms with E-state index >= 15 is 0 Å². The topological polar surface area (TPSA) is 63.6 Å². The molecular formula is C30H42O4. The van der Waals surface area contributed by atoms with Crippen LogP contribution in [0.25, 0.3) is 0 Å². The van der Waals surface area contributed by atoms with Gasteiger partial charge in [0.25, 0.3) is 0 Å². The SMILES string of the molecule is CC(=O)O[C@H]1CC[C@@]2(C)C(=CCC3C2CC[C@@]2(C)C3C[C@H]3[C@H]4C(C)C=C[C@@H](O)[C@H]4CC(=O)[C@@H]32)C1. The molecule has 186 valence electrons. The number of carbonyl (C=O) groups is 2. The molecular weight excluding hydrogens is 424 g/mol. The molecule has 6 aliphatic carbocycles. The lowest BCUT2D eigenvalue weighted by Crippen LogP contribution is -2.53. The van der Waals surface area contributed by atoms with E-state index in [1.54, 1.807) is 0 Å². The van der Waals surface area contributed by atoms with Gasteiger partial charge < -0.3 is 9.84 Å². The van der Waals surface area contributed by atoms with Gasteiger partial charge in [0, 0.05) is 25.7 Å². The largest absolute Gasteiger partial charge is 0.462 e. The van der Waals surface area contributed by atoms with Crippen molar-refractivity contribution in [1.82, 2.24) is 0 Å². The van der Waals surface area contributed by atoms with E-state index < -0.39 is 6.10 Å². The van der Waals surface area contributed by atoms with Crippen molar-refractivity contribution in [3.8, 4) is 0 Å². The highest BCUT2D eigenvalue weighted by molar-refractivity contribution is 5.84. The molecule has 6 aliphatic rings. The number of fused-ring (bicyclic) bond motifs is 9. The summed E-state index contributed by atoms with van der Waals surface area (Å²) in [7, 11) is 0. The lowest BCUT2D eigenvalue weighted by Gasteiger charge is -2.58. The van der Waals surface area contributed by atoms with Crippen LogP contribution < -0.4 is 0 Å². The molecule has 4 unspecified atom stereocenters. The average molecular weight is 467 g/mol. The smallest absolute Gasteiger partial charge is 0.302 e. The Labute approximate surface area is 204 Å². The summed E-state index contributed by atoms with van der Waals surface area (Å²) >= 11 is 0. The van der Waals surface area contributed by atoms with Crippen LogP contribution >= 0.6 is 0 Å². The molecule has 1 N–H and O–H groups in total. The number of esters is 1. The van der Waals surface area contributed by atoms with Gasteiger partial charge in [-0.2, -0.15) is 0 Å². The number of Topliss-reactive ketones (excluding diaryl/α,β-unsaturated/α-hetero) is 1. The Morgan fingerprint density at radius 1 is 1.06 bits per heavy atom. The molecule has 0 amide bonds. The van der Waals surface area contributed by atoms with Gasteiger partial charge in [-0.3, -0.25) is 9.59 Å². The molecule has 0 aliphatic heterocycles. The summed E-state index contributed by atoms with van der Waals surface area (Å²) in [6, 6.07) is 0. The normalized spacial score (nSPS) is 53.6. The van der Waals surface area contributed by atoms with Gasteiger partial charge in [-0.15, -0.1) is 0 Å². The number of hydrogen-bond acceptors (Lipinski definition) is 4. The summed E-state index contributed by atoms with van der Waals surface area (Å²) in [4.78, 5) is 25.2. The van der Waals surface area contributed by atoms with Crippen LogP contribution in [0.15, 0.2) is 23.8 Å². The van der Waals surface area contributed by atoms with Crippen LogP contribution in [0.5, 0.6) is 0 Å². The summed E-state index contributed by atoms with van der Waals surface area (Å²) in [6.07, 6.45) is 14.4. The molecule has 0 bridgehead atoms. The zero-order chi connectivity index (χ0) is 24.0. The van der Waals surface area contributed by atoms with Crippen molar-refractivity contribution >= 4 is 11.8 Å². The highest BCUT2D eigenvalue weighted by atomic mass is 16.5. The summed E-state index contributed by atoms with van der Waals surface area (Å²) in [5, 5.41) is 10.7. The van der Waals surface area contributed by atoms with Crippen LogP contribution in [0.3, 0.4) is 0 Å². The first-order valence-electron chi connectivity index (χ1n) is 13.9. The number of hydrogen-bond donors (Lipinski definition) is 1. The maximum atomic E-state index is 13.6. The Balaban J connectivity index is 1.31. The Kier molecular flexibility index (Phi) is 5.27. The predicted octanol–water partition coefficient (Wildman–Crippen LogP) is 5.50. The zero-order valence-electron chi connectivity index (χ0n) is 21.3. The number of aliphatic hydroxyl groups excluding tert-OH is 1. The van der Waals surface area contributed by atoms with E-state index in [1.165, 1.54) is 18.9 Å². The minimum absolute atomic E-state index is 0.0402. The van der Waals surface area contributed by atoms with Crippen LogP contribution in [0, 0.1) is 58.2 Å². The van der Waals surface area contributed by atoms with Crippen molar-refractivity contribution in [2.75, 3.05) is 0 Å². The number of ketones is 1. The highest BCUT2D eigenvalue weighted by Gasteiger charge is 2.66. The first-order valence-corrected chi connectivity index (χ1v) is 13.9. The summed E-state index contributed by atoms with van der Waals surface area (Å²) in [5.74, 6) is 3.79. The number of ether oxygens (including phenoxy) is 1. The maximum absolute atomic E-state index is 13.6. The van der Waals surface area contributed by atoms with Crippen molar-refractivity contribution < 1.29 is 19.4 Å². The third-order valence-corrected chi connectivity index (χ3v) is 11.9. The van der Waals surface area contributed by atoms with E-state index in [9.17, 15) is 14.7 Å².